The molecule has 0 aromatic heterocycles. The number of nitrogens with two attached hydrogens (primary N) is 1. The minimum absolute atomic E-state index is 0.0193. The van der Waals surface area contributed by atoms with Crippen molar-refractivity contribution in [2.24, 2.45) is 39.7 Å². The summed E-state index contributed by atoms with van der Waals surface area (Å²) in [7, 11) is -4.89. The number of nitrogens with one attached hydrogen (secondary N) is 3. The summed E-state index contributed by atoms with van der Waals surface area (Å²) >= 11 is 0. The molecule has 6 N–H and O–H groups in total. The minimum atomic E-state index is -5.67. The van der Waals surface area contributed by atoms with Gasteiger partial charge in [-0.2, -0.15) is 17.5 Å². The maximum Gasteiger partial charge on any atom is 0.511 e. The number of primary amides is 1. The number of aliphatic hydroxyl groups is 1. The second-order valence-corrected chi connectivity index (χ2v) is 18.5. The van der Waals surface area contributed by atoms with E-state index in [1.165, 1.54) is 4.90 Å². The largest absolute Gasteiger partial charge is 0.511 e. The normalized spacial score (nSPS) is 25.3. The molecule has 5 amide bonds. The van der Waals surface area contributed by atoms with Crippen LogP contribution in [-0.4, -0.2) is 102 Å². The van der Waals surface area contributed by atoms with Crippen molar-refractivity contribution >= 4 is 33.8 Å². The number of alkyl halides is 3. The van der Waals surface area contributed by atoms with Crippen LogP contribution in [0.25, 0.3) is 0 Å². The predicted molar refractivity (Wildman–Crippen MR) is 171 cm³/mol. The quantitative estimate of drug-likeness (QED) is 0.204. The number of hydrogen-bond acceptors (Lipinski definition) is 7. The van der Waals surface area contributed by atoms with Gasteiger partial charge in [0.1, 0.15) is 12.1 Å². The van der Waals surface area contributed by atoms with Crippen LogP contribution in [0, 0.1) is 34.0 Å². The molecule has 1 heterocycles. The van der Waals surface area contributed by atoms with Gasteiger partial charge in [0.15, 0.2) is 6.10 Å². The van der Waals surface area contributed by atoms with Crippen LogP contribution < -0.4 is 21.7 Å². The molecule has 3 rings (SSSR count). The van der Waals surface area contributed by atoms with Crippen molar-refractivity contribution < 1.29 is 45.9 Å². The van der Waals surface area contributed by atoms with Crippen LogP contribution in [0.15, 0.2) is 0 Å². The number of piperidine rings is 1. The van der Waals surface area contributed by atoms with E-state index in [4.69, 9.17) is 5.73 Å². The summed E-state index contributed by atoms with van der Waals surface area (Å²) in [6.07, 6.45) is 1.55. The van der Waals surface area contributed by atoms with Gasteiger partial charge in [-0.15, -0.1) is 0 Å². The van der Waals surface area contributed by atoms with Crippen LogP contribution >= 0.6 is 0 Å². The SMILES string of the molecule is CN(C[C@@H](NC(=O)N[C@H](C(=O)N1C[C@H]2[C@@H]([C@H]1C(=O)NC(CC1CCC1)C(O)C(N)=O)C2(C)C)C(C)(C)C)C(C)(C)C)S(=O)(=O)C(F)(F)F. The summed E-state index contributed by atoms with van der Waals surface area (Å²) in [4.78, 5) is 54.9. The fraction of sp³-hybridized carbons (Fsp3) is 0.871. The second-order valence-electron chi connectivity index (χ2n) is 16.5. The standard InChI is InChI=1S/C31H53F3N6O7S/c1-28(2,3)19(15-39(9)48(46,47)31(32,33)34)37-27(45)38-23(29(4,5)6)26(44)40-14-17-20(30(17,7)8)21(40)25(43)36-18(22(41)24(35)42)13-16-11-10-12-16/h16-23,41H,10-15H2,1-9H3,(H2,35,42)(H,36,43)(H2,37,38,45)/t17-,18?,19+,20-,21-,22?,23+/m0/s1. The van der Waals surface area contributed by atoms with Gasteiger partial charge < -0.3 is 31.7 Å². The zero-order valence-electron chi connectivity index (χ0n) is 29.3. The number of likely N-dealkylation sites (N-methyl/N-ethyl adjacent to an activating group) is 1. The van der Waals surface area contributed by atoms with Crippen LogP contribution in [0.1, 0.15) is 81.1 Å². The smallest absolute Gasteiger partial charge is 0.381 e. The molecule has 2 aliphatic carbocycles. The van der Waals surface area contributed by atoms with Crippen LogP contribution in [0.3, 0.4) is 0 Å². The van der Waals surface area contributed by atoms with Gasteiger partial charge in [-0.3, -0.25) is 14.4 Å². The molecule has 17 heteroatoms. The highest BCUT2D eigenvalue weighted by atomic mass is 32.2. The van der Waals surface area contributed by atoms with Crippen molar-refractivity contribution in [3.05, 3.63) is 0 Å². The first-order valence-corrected chi connectivity index (χ1v) is 17.7. The first-order chi connectivity index (χ1) is 21.6. The third kappa shape index (κ3) is 8.37. The number of urea groups is 1. The molecule has 0 aromatic carbocycles. The van der Waals surface area contributed by atoms with Crippen molar-refractivity contribution in [2.45, 2.75) is 117 Å². The molecule has 1 saturated heterocycles. The number of rotatable bonds is 12. The van der Waals surface area contributed by atoms with Gasteiger partial charge in [0.2, 0.25) is 17.7 Å². The van der Waals surface area contributed by atoms with Gasteiger partial charge >= 0.3 is 21.6 Å². The monoisotopic (exact) mass is 710 g/mol. The zero-order valence-corrected chi connectivity index (χ0v) is 30.1. The van der Waals surface area contributed by atoms with Gasteiger partial charge in [-0.1, -0.05) is 74.7 Å². The van der Waals surface area contributed by atoms with E-state index in [-0.39, 0.29) is 34.0 Å². The Labute approximate surface area is 281 Å². The van der Waals surface area contributed by atoms with Crippen molar-refractivity contribution in [1.29, 1.82) is 0 Å². The van der Waals surface area contributed by atoms with E-state index in [1.54, 1.807) is 41.5 Å². The van der Waals surface area contributed by atoms with Crippen molar-refractivity contribution in [1.82, 2.24) is 25.2 Å². The van der Waals surface area contributed by atoms with E-state index in [1.807, 2.05) is 13.8 Å². The number of carbonyl (C=O) groups excluding carboxylic acids is 4. The summed E-state index contributed by atoms with van der Waals surface area (Å²) in [5.74, 6) is -2.09. The number of likely N-dealkylation sites (tertiary alicyclic amines) is 1. The number of sulfonamides is 1. The van der Waals surface area contributed by atoms with Crippen LogP contribution in [-0.2, 0) is 24.4 Å². The van der Waals surface area contributed by atoms with Crippen LogP contribution in [0.5, 0.6) is 0 Å². The molecule has 1 aliphatic heterocycles. The third-order valence-corrected chi connectivity index (χ3v) is 12.0. The molecule has 7 atom stereocenters. The molecular formula is C31H53F3N6O7S. The first-order valence-electron chi connectivity index (χ1n) is 16.3. The summed E-state index contributed by atoms with van der Waals surface area (Å²) in [5, 5.41) is 18.5. The Hall–Kier alpha value is -2.66. The maximum absolute atomic E-state index is 14.3. The second kappa shape index (κ2) is 13.6. The average Bonchev–Trinajstić information content (AvgIpc) is 3.22. The Kier molecular flexibility index (Phi) is 11.2. The van der Waals surface area contributed by atoms with E-state index >= 15 is 0 Å². The Morgan fingerprint density at radius 2 is 1.56 bits per heavy atom. The molecule has 3 fully saturated rings. The molecule has 0 bridgehead atoms. The van der Waals surface area contributed by atoms with Crippen molar-refractivity contribution in [3.8, 4) is 0 Å². The Bertz CT molecular complexity index is 1360. The summed E-state index contributed by atoms with van der Waals surface area (Å²) in [5.41, 5.74) is -2.21. The van der Waals surface area contributed by atoms with Gasteiger partial charge in [-0.25, -0.2) is 13.2 Å². The molecule has 0 aromatic rings. The van der Waals surface area contributed by atoms with Crippen molar-refractivity contribution in [3.63, 3.8) is 0 Å². The lowest BCUT2D eigenvalue weighted by molar-refractivity contribution is -0.144. The fourth-order valence-corrected chi connectivity index (χ4v) is 7.55. The Morgan fingerprint density at radius 3 is 2.00 bits per heavy atom. The van der Waals surface area contributed by atoms with Gasteiger partial charge in [0.25, 0.3) is 0 Å². The molecule has 48 heavy (non-hydrogen) atoms. The van der Waals surface area contributed by atoms with E-state index < -0.39 is 86.9 Å². The number of carbonyl (C=O) groups is 4. The third-order valence-electron chi connectivity index (χ3n) is 10.5. The van der Waals surface area contributed by atoms with Gasteiger partial charge in [0.05, 0.1) is 6.04 Å². The molecule has 3 aliphatic rings. The van der Waals surface area contributed by atoms with Gasteiger partial charge in [0, 0.05) is 26.2 Å². The highest BCUT2D eigenvalue weighted by Crippen LogP contribution is 2.65. The first kappa shape index (κ1) is 39.8. The van der Waals surface area contributed by atoms with E-state index in [0.29, 0.717) is 6.42 Å². The number of fused-ring (bicyclic) bond motifs is 1. The van der Waals surface area contributed by atoms with E-state index in [0.717, 1.165) is 26.3 Å². The molecule has 0 radical (unpaired) electrons. The van der Waals surface area contributed by atoms with Crippen LogP contribution in [0.2, 0.25) is 0 Å². The summed E-state index contributed by atoms with van der Waals surface area (Å²) < 4.78 is 63.6. The number of halogens is 3. The Balaban J connectivity index is 1.83. The predicted octanol–water partition coefficient (Wildman–Crippen LogP) is 1.90. The fourth-order valence-electron chi connectivity index (χ4n) is 6.85. The molecule has 2 unspecified atom stereocenters. The van der Waals surface area contributed by atoms with E-state index in [9.17, 15) is 45.9 Å². The molecule has 276 valence electrons. The molecule has 2 saturated carbocycles. The maximum atomic E-state index is 14.3. The molecule has 13 nitrogen and oxygen atoms in total. The zero-order chi connectivity index (χ0) is 36.9. The lowest BCUT2D eigenvalue weighted by Crippen LogP contribution is -2.63. The lowest BCUT2D eigenvalue weighted by atomic mass is 9.79. The highest BCUT2D eigenvalue weighted by molar-refractivity contribution is 7.89. The number of hydrogen-bond donors (Lipinski definition) is 5. The highest BCUT2D eigenvalue weighted by Gasteiger charge is 2.70. The molecular weight excluding hydrogens is 657 g/mol. The van der Waals surface area contributed by atoms with Crippen molar-refractivity contribution in [2.75, 3.05) is 20.1 Å². The molecule has 0 spiro atoms. The van der Waals surface area contributed by atoms with Crippen LogP contribution in [0.4, 0.5) is 18.0 Å². The minimum Gasteiger partial charge on any atom is -0.381 e. The Morgan fingerprint density at radius 1 is 1.00 bits per heavy atom. The average molecular weight is 711 g/mol. The number of nitrogens with zero attached hydrogens (tertiary/aromatic N) is 2. The van der Waals surface area contributed by atoms with Gasteiger partial charge in [-0.05, 0) is 40.4 Å². The summed E-state index contributed by atoms with van der Waals surface area (Å²) in [6.45, 7) is 13.5. The van der Waals surface area contributed by atoms with E-state index in [2.05, 4.69) is 16.0 Å². The topological polar surface area (TPSA) is 191 Å². The lowest BCUT2D eigenvalue weighted by Gasteiger charge is -2.39. The number of amides is 5. The number of aliphatic hydroxyl groups excluding tert-OH is 1. The summed E-state index contributed by atoms with van der Waals surface area (Å²) in [6, 6.07) is -5.10.